The standard InChI is InChI=1S/C21H23N5O4/c1-13(2)14-5-7-15(8-6-14)24-20-19(26(27)28)21(23-12-22-20)25-17-10-9-16(29-3)11-18(17)30-4/h5-13H,1-4H3,(H2,22,23,24,25). The van der Waals surface area contributed by atoms with Gasteiger partial charge in [0, 0.05) is 11.8 Å². The van der Waals surface area contributed by atoms with Gasteiger partial charge in [-0.1, -0.05) is 26.0 Å². The Kier molecular flexibility index (Phi) is 6.31. The number of ether oxygens (including phenoxy) is 2. The van der Waals surface area contributed by atoms with Gasteiger partial charge in [-0.25, -0.2) is 9.97 Å². The summed E-state index contributed by atoms with van der Waals surface area (Å²) in [5.41, 5.74) is 2.09. The molecular weight excluding hydrogens is 386 g/mol. The molecule has 0 saturated heterocycles. The fourth-order valence-electron chi connectivity index (χ4n) is 2.85. The first kappa shape index (κ1) is 20.8. The second-order valence-corrected chi connectivity index (χ2v) is 6.77. The van der Waals surface area contributed by atoms with Gasteiger partial charge in [-0.05, 0) is 35.7 Å². The second-order valence-electron chi connectivity index (χ2n) is 6.77. The van der Waals surface area contributed by atoms with Crippen molar-refractivity contribution in [2.24, 2.45) is 0 Å². The van der Waals surface area contributed by atoms with Crippen LogP contribution in [0.3, 0.4) is 0 Å². The van der Waals surface area contributed by atoms with Gasteiger partial charge >= 0.3 is 5.69 Å². The predicted octanol–water partition coefficient (Wildman–Crippen LogP) is 5.01. The maximum Gasteiger partial charge on any atom is 0.353 e. The zero-order chi connectivity index (χ0) is 21.7. The Morgan fingerprint density at radius 2 is 1.63 bits per heavy atom. The van der Waals surface area contributed by atoms with Gasteiger partial charge in [0.15, 0.2) is 0 Å². The lowest BCUT2D eigenvalue weighted by molar-refractivity contribution is -0.383. The monoisotopic (exact) mass is 409 g/mol. The molecule has 2 N–H and O–H groups in total. The molecule has 9 heteroatoms. The van der Waals surface area contributed by atoms with Crippen LogP contribution in [0.1, 0.15) is 25.3 Å². The van der Waals surface area contributed by atoms with Crippen LogP contribution >= 0.6 is 0 Å². The van der Waals surface area contributed by atoms with Crippen LogP contribution in [0.15, 0.2) is 48.8 Å². The van der Waals surface area contributed by atoms with Crippen molar-refractivity contribution < 1.29 is 14.4 Å². The number of aromatic nitrogens is 2. The van der Waals surface area contributed by atoms with E-state index in [0.29, 0.717) is 28.8 Å². The normalized spacial score (nSPS) is 10.6. The predicted molar refractivity (Wildman–Crippen MR) is 115 cm³/mol. The van der Waals surface area contributed by atoms with Crippen LogP contribution < -0.4 is 20.1 Å². The van der Waals surface area contributed by atoms with Gasteiger partial charge in [-0.15, -0.1) is 0 Å². The van der Waals surface area contributed by atoms with Crippen molar-refractivity contribution in [1.29, 1.82) is 0 Å². The van der Waals surface area contributed by atoms with E-state index in [-0.39, 0.29) is 17.3 Å². The highest BCUT2D eigenvalue weighted by Gasteiger charge is 2.24. The summed E-state index contributed by atoms with van der Waals surface area (Å²) in [6.45, 7) is 4.20. The highest BCUT2D eigenvalue weighted by molar-refractivity contribution is 5.78. The summed E-state index contributed by atoms with van der Waals surface area (Å²) in [5.74, 6) is 1.58. The first-order valence-electron chi connectivity index (χ1n) is 9.28. The van der Waals surface area contributed by atoms with E-state index >= 15 is 0 Å². The van der Waals surface area contributed by atoms with E-state index in [9.17, 15) is 10.1 Å². The molecule has 2 aromatic carbocycles. The van der Waals surface area contributed by atoms with Crippen LogP contribution in [0.5, 0.6) is 11.5 Å². The molecule has 9 nitrogen and oxygen atoms in total. The van der Waals surface area contributed by atoms with Crippen molar-refractivity contribution in [2.45, 2.75) is 19.8 Å². The molecule has 1 heterocycles. The quantitative estimate of drug-likeness (QED) is 0.394. The van der Waals surface area contributed by atoms with E-state index in [1.807, 2.05) is 24.3 Å². The van der Waals surface area contributed by atoms with Gasteiger partial charge in [0.25, 0.3) is 0 Å². The largest absolute Gasteiger partial charge is 0.497 e. The average Bonchev–Trinajstić information content (AvgIpc) is 2.74. The maximum absolute atomic E-state index is 11.8. The lowest BCUT2D eigenvalue weighted by Gasteiger charge is -2.13. The first-order valence-corrected chi connectivity index (χ1v) is 9.28. The van der Waals surface area contributed by atoms with E-state index in [1.54, 1.807) is 25.3 Å². The molecule has 0 radical (unpaired) electrons. The molecule has 0 unspecified atom stereocenters. The summed E-state index contributed by atoms with van der Waals surface area (Å²) in [7, 11) is 3.05. The van der Waals surface area contributed by atoms with Crippen molar-refractivity contribution >= 4 is 28.7 Å². The van der Waals surface area contributed by atoms with Gasteiger partial charge in [0.05, 0.1) is 24.8 Å². The summed E-state index contributed by atoms with van der Waals surface area (Å²) in [6.07, 6.45) is 1.26. The second kappa shape index (κ2) is 9.08. The van der Waals surface area contributed by atoms with Gasteiger partial charge in [0.2, 0.25) is 11.6 Å². The van der Waals surface area contributed by atoms with Crippen molar-refractivity contribution in [2.75, 3.05) is 24.9 Å². The molecule has 0 amide bonds. The fourth-order valence-corrected chi connectivity index (χ4v) is 2.85. The minimum atomic E-state index is -0.525. The number of nitro groups is 1. The molecular formula is C21H23N5O4. The topological polar surface area (TPSA) is 111 Å². The molecule has 3 aromatic rings. The van der Waals surface area contributed by atoms with E-state index in [0.717, 1.165) is 0 Å². The smallest absolute Gasteiger partial charge is 0.353 e. The molecule has 0 aliphatic heterocycles. The number of anilines is 4. The highest BCUT2D eigenvalue weighted by Crippen LogP contribution is 2.36. The third kappa shape index (κ3) is 4.57. The molecule has 0 aliphatic rings. The number of rotatable bonds is 8. The Hall–Kier alpha value is -3.88. The fraction of sp³-hybridized carbons (Fsp3) is 0.238. The number of methoxy groups -OCH3 is 2. The molecule has 1 aromatic heterocycles. The lowest BCUT2D eigenvalue weighted by Crippen LogP contribution is -2.06. The maximum atomic E-state index is 11.8. The molecule has 0 atom stereocenters. The van der Waals surface area contributed by atoms with Crippen LogP contribution in [-0.2, 0) is 0 Å². The van der Waals surface area contributed by atoms with E-state index in [1.165, 1.54) is 19.0 Å². The van der Waals surface area contributed by atoms with E-state index in [4.69, 9.17) is 9.47 Å². The molecule has 30 heavy (non-hydrogen) atoms. The van der Waals surface area contributed by atoms with Crippen LogP contribution in [0, 0.1) is 10.1 Å². The van der Waals surface area contributed by atoms with Crippen molar-refractivity contribution in [3.63, 3.8) is 0 Å². The lowest BCUT2D eigenvalue weighted by atomic mass is 10.0. The number of hydrogen-bond donors (Lipinski definition) is 2. The molecule has 0 saturated carbocycles. The number of benzene rings is 2. The van der Waals surface area contributed by atoms with Gasteiger partial charge in [-0.3, -0.25) is 10.1 Å². The highest BCUT2D eigenvalue weighted by atomic mass is 16.6. The van der Waals surface area contributed by atoms with Crippen LogP contribution in [0.2, 0.25) is 0 Å². The van der Waals surface area contributed by atoms with Crippen molar-refractivity contribution in [1.82, 2.24) is 9.97 Å². The first-order chi connectivity index (χ1) is 14.4. The minimum Gasteiger partial charge on any atom is -0.497 e. The Morgan fingerprint density at radius 1 is 0.967 bits per heavy atom. The van der Waals surface area contributed by atoms with E-state index < -0.39 is 4.92 Å². The summed E-state index contributed by atoms with van der Waals surface area (Å²) >= 11 is 0. The third-order valence-electron chi connectivity index (χ3n) is 4.51. The van der Waals surface area contributed by atoms with Crippen LogP contribution in [0.25, 0.3) is 0 Å². The number of nitrogens with one attached hydrogen (secondary N) is 2. The molecule has 0 aliphatic carbocycles. The van der Waals surface area contributed by atoms with Crippen LogP contribution in [-0.4, -0.2) is 29.1 Å². The summed E-state index contributed by atoms with van der Waals surface area (Å²) in [6, 6.07) is 12.8. The Labute approximate surface area is 174 Å². The Morgan fingerprint density at radius 3 is 2.20 bits per heavy atom. The Balaban J connectivity index is 1.94. The van der Waals surface area contributed by atoms with Crippen molar-refractivity contribution in [3.05, 3.63) is 64.5 Å². The summed E-state index contributed by atoms with van der Waals surface area (Å²) in [4.78, 5) is 19.4. The van der Waals surface area contributed by atoms with E-state index in [2.05, 4.69) is 34.4 Å². The molecule has 0 bridgehead atoms. The molecule has 156 valence electrons. The third-order valence-corrected chi connectivity index (χ3v) is 4.51. The summed E-state index contributed by atoms with van der Waals surface area (Å²) in [5, 5.41) is 17.8. The zero-order valence-electron chi connectivity index (χ0n) is 17.2. The molecule has 0 fully saturated rings. The molecule has 0 spiro atoms. The van der Waals surface area contributed by atoms with Gasteiger partial charge in [0.1, 0.15) is 17.8 Å². The summed E-state index contributed by atoms with van der Waals surface area (Å²) < 4.78 is 10.5. The zero-order valence-corrected chi connectivity index (χ0v) is 17.2. The van der Waals surface area contributed by atoms with Gasteiger partial charge < -0.3 is 20.1 Å². The number of hydrogen-bond acceptors (Lipinski definition) is 8. The number of nitrogens with zero attached hydrogens (tertiary/aromatic N) is 3. The van der Waals surface area contributed by atoms with Crippen molar-refractivity contribution in [3.8, 4) is 11.5 Å². The average molecular weight is 409 g/mol. The molecule has 3 rings (SSSR count). The minimum absolute atomic E-state index is 0.0415. The Bertz CT molecular complexity index is 1040. The van der Waals surface area contributed by atoms with Crippen LogP contribution in [0.4, 0.5) is 28.7 Å². The van der Waals surface area contributed by atoms with Gasteiger partial charge in [-0.2, -0.15) is 0 Å². The SMILES string of the molecule is COc1ccc(Nc2ncnc(Nc3ccc(C(C)C)cc3)c2[N+](=O)[O-])c(OC)c1.